The van der Waals surface area contributed by atoms with Crippen molar-refractivity contribution in [2.45, 2.75) is 11.3 Å². The summed E-state index contributed by atoms with van der Waals surface area (Å²) in [6.45, 7) is -0.507. The molecule has 0 spiro atoms. The zero-order chi connectivity index (χ0) is 20.2. The number of rotatable bonds is 8. The molecule has 2 rings (SSSR count). The Morgan fingerprint density at radius 3 is 2.41 bits per heavy atom. The van der Waals surface area contributed by atoms with Crippen LogP contribution >= 0.6 is 0 Å². The first-order chi connectivity index (χ1) is 12.7. The number of carbonyl (C=O) groups is 1. The highest BCUT2D eigenvalue weighted by Crippen LogP contribution is 2.35. The minimum atomic E-state index is -4.34. The Morgan fingerprint density at radius 2 is 1.89 bits per heavy atom. The highest BCUT2D eigenvalue weighted by molar-refractivity contribution is 7.92. The molecule has 2 aromatic carbocycles. The molecule has 0 bridgehead atoms. The largest absolute Gasteiger partial charge is 0.495 e. The van der Waals surface area contributed by atoms with E-state index in [9.17, 15) is 27.7 Å². The topological polar surface area (TPSA) is 127 Å². The van der Waals surface area contributed by atoms with E-state index in [0.29, 0.717) is 4.31 Å². The summed E-state index contributed by atoms with van der Waals surface area (Å²) in [7, 11) is -3.10. The van der Waals surface area contributed by atoms with Crippen molar-refractivity contribution in [3.8, 4) is 5.75 Å². The molecular formula is C16H15FN2O7S. The third kappa shape index (κ3) is 4.50. The summed E-state index contributed by atoms with van der Waals surface area (Å²) < 4.78 is 44.9. The van der Waals surface area contributed by atoms with Crippen molar-refractivity contribution in [1.82, 2.24) is 0 Å². The third-order valence-corrected chi connectivity index (χ3v) is 5.40. The van der Waals surface area contributed by atoms with Crippen LogP contribution in [0, 0.1) is 15.9 Å². The third-order valence-electron chi connectivity index (χ3n) is 3.57. The average molecular weight is 398 g/mol. The van der Waals surface area contributed by atoms with Crippen molar-refractivity contribution >= 4 is 27.4 Å². The summed E-state index contributed by atoms with van der Waals surface area (Å²) in [5, 5.41) is 20.0. The summed E-state index contributed by atoms with van der Waals surface area (Å²) in [6, 6.07) is 7.22. The second-order valence-electron chi connectivity index (χ2n) is 5.29. The van der Waals surface area contributed by atoms with Gasteiger partial charge in [0.1, 0.15) is 17.3 Å². The number of anilines is 1. The monoisotopic (exact) mass is 398 g/mol. The predicted octanol–water partition coefficient (Wildman–Crippen LogP) is 2.41. The number of benzene rings is 2. The van der Waals surface area contributed by atoms with Crippen LogP contribution in [0.2, 0.25) is 0 Å². The molecule has 11 heteroatoms. The van der Waals surface area contributed by atoms with Crippen molar-refractivity contribution in [1.29, 1.82) is 0 Å². The van der Waals surface area contributed by atoms with Gasteiger partial charge in [-0.2, -0.15) is 0 Å². The predicted molar refractivity (Wildman–Crippen MR) is 92.8 cm³/mol. The molecule has 0 aromatic heterocycles. The maximum absolute atomic E-state index is 13.1. The molecule has 0 aliphatic rings. The number of carboxylic acid groups (broad SMARTS) is 1. The molecule has 0 saturated carbocycles. The molecule has 0 saturated heterocycles. The van der Waals surface area contributed by atoms with Gasteiger partial charge in [0.2, 0.25) is 0 Å². The van der Waals surface area contributed by atoms with E-state index in [-0.39, 0.29) is 16.3 Å². The lowest BCUT2D eigenvalue weighted by Gasteiger charge is -2.25. The van der Waals surface area contributed by atoms with E-state index in [1.807, 2.05) is 0 Å². The van der Waals surface area contributed by atoms with Crippen LogP contribution in [0.5, 0.6) is 5.75 Å². The fourth-order valence-corrected chi connectivity index (χ4v) is 3.76. The summed E-state index contributed by atoms with van der Waals surface area (Å²) in [6.07, 6.45) is -0.563. The SMILES string of the molecule is COc1ccc([N+](=O)[O-])cc1N(CCC(=O)O)S(=O)(=O)c1ccc(F)cc1. The number of hydrogen-bond donors (Lipinski definition) is 1. The number of nitro groups is 1. The minimum Gasteiger partial charge on any atom is -0.495 e. The Morgan fingerprint density at radius 1 is 1.26 bits per heavy atom. The molecule has 0 heterocycles. The quantitative estimate of drug-likeness (QED) is 0.534. The number of aliphatic carboxylic acids is 1. The van der Waals surface area contributed by atoms with Gasteiger partial charge in [0, 0.05) is 18.7 Å². The van der Waals surface area contributed by atoms with Crippen molar-refractivity contribution in [3.05, 3.63) is 58.4 Å². The Kier molecular flexibility index (Phi) is 5.95. The van der Waals surface area contributed by atoms with Gasteiger partial charge in [0.25, 0.3) is 15.7 Å². The van der Waals surface area contributed by atoms with Crippen LogP contribution in [0.25, 0.3) is 0 Å². The van der Waals surface area contributed by atoms with Gasteiger partial charge in [-0.05, 0) is 30.3 Å². The number of carboxylic acids is 1. The van der Waals surface area contributed by atoms with Crippen LogP contribution in [0.3, 0.4) is 0 Å². The molecule has 27 heavy (non-hydrogen) atoms. The molecule has 9 nitrogen and oxygen atoms in total. The van der Waals surface area contributed by atoms with Gasteiger partial charge in [-0.1, -0.05) is 0 Å². The lowest BCUT2D eigenvalue weighted by atomic mass is 10.2. The zero-order valence-electron chi connectivity index (χ0n) is 14.0. The summed E-state index contributed by atoms with van der Waals surface area (Å²) in [4.78, 5) is 21.0. The fraction of sp³-hybridized carbons (Fsp3) is 0.188. The first-order valence-electron chi connectivity index (χ1n) is 7.49. The highest BCUT2D eigenvalue weighted by Gasteiger charge is 2.29. The van der Waals surface area contributed by atoms with Crippen LogP contribution in [-0.4, -0.2) is 38.1 Å². The number of halogens is 1. The molecule has 0 fully saturated rings. The van der Waals surface area contributed by atoms with Gasteiger partial charge < -0.3 is 9.84 Å². The Hall–Kier alpha value is -3.21. The van der Waals surface area contributed by atoms with E-state index < -0.39 is 45.4 Å². The number of sulfonamides is 1. The molecule has 0 radical (unpaired) electrons. The maximum Gasteiger partial charge on any atom is 0.305 e. The van der Waals surface area contributed by atoms with E-state index in [4.69, 9.17) is 9.84 Å². The fourth-order valence-electron chi connectivity index (χ4n) is 2.29. The molecular weight excluding hydrogens is 383 g/mol. The van der Waals surface area contributed by atoms with Crippen LogP contribution in [0.15, 0.2) is 47.4 Å². The van der Waals surface area contributed by atoms with E-state index in [2.05, 4.69) is 0 Å². The molecule has 0 unspecified atom stereocenters. The van der Waals surface area contributed by atoms with Crippen molar-refractivity contribution in [2.75, 3.05) is 18.0 Å². The number of hydrogen-bond acceptors (Lipinski definition) is 6. The summed E-state index contributed by atoms with van der Waals surface area (Å²) >= 11 is 0. The van der Waals surface area contributed by atoms with Gasteiger partial charge in [-0.15, -0.1) is 0 Å². The minimum absolute atomic E-state index is 0.00308. The first kappa shape index (κ1) is 20.1. The molecule has 1 N–H and O–H groups in total. The van der Waals surface area contributed by atoms with Crippen LogP contribution in [0.1, 0.15) is 6.42 Å². The normalized spacial score (nSPS) is 11.0. The number of ether oxygens (including phenoxy) is 1. The summed E-state index contributed by atoms with van der Waals surface area (Å²) in [5.74, 6) is -1.92. The van der Waals surface area contributed by atoms with Crippen molar-refractivity contribution < 1.29 is 32.4 Å². The van der Waals surface area contributed by atoms with E-state index in [0.717, 1.165) is 36.4 Å². The van der Waals surface area contributed by atoms with Crippen LogP contribution < -0.4 is 9.04 Å². The van der Waals surface area contributed by atoms with Crippen LogP contribution in [0.4, 0.5) is 15.8 Å². The summed E-state index contributed by atoms with van der Waals surface area (Å²) in [5.41, 5.74) is -0.599. The van der Waals surface area contributed by atoms with Gasteiger partial charge >= 0.3 is 5.97 Å². The van der Waals surface area contributed by atoms with Gasteiger partial charge in [0.05, 0.1) is 23.3 Å². The Bertz CT molecular complexity index is 961. The molecule has 0 aliphatic heterocycles. The number of non-ortho nitro benzene ring substituents is 1. The number of methoxy groups -OCH3 is 1. The van der Waals surface area contributed by atoms with Crippen molar-refractivity contribution in [3.63, 3.8) is 0 Å². The van der Waals surface area contributed by atoms with E-state index in [1.54, 1.807) is 0 Å². The number of nitrogens with zero attached hydrogens (tertiary/aromatic N) is 2. The van der Waals surface area contributed by atoms with E-state index in [1.165, 1.54) is 13.2 Å². The zero-order valence-corrected chi connectivity index (χ0v) is 14.8. The first-order valence-corrected chi connectivity index (χ1v) is 8.93. The Balaban J connectivity index is 2.64. The molecule has 0 atom stereocenters. The smallest absolute Gasteiger partial charge is 0.305 e. The van der Waals surface area contributed by atoms with Gasteiger partial charge in [-0.25, -0.2) is 12.8 Å². The standard InChI is InChI=1S/C16H15FN2O7S/c1-26-15-7-4-12(19(22)23)10-14(15)18(9-8-16(20)21)27(24,25)13-5-2-11(17)3-6-13/h2-7,10H,8-9H2,1H3,(H,20,21). The second-order valence-corrected chi connectivity index (χ2v) is 7.15. The van der Waals surface area contributed by atoms with Gasteiger partial charge in [-0.3, -0.25) is 19.2 Å². The molecule has 0 amide bonds. The van der Waals surface area contributed by atoms with Crippen LogP contribution in [-0.2, 0) is 14.8 Å². The van der Waals surface area contributed by atoms with Gasteiger partial charge in [0.15, 0.2) is 0 Å². The average Bonchev–Trinajstić information content (AvgIpc) is 2.61. The molecule has 144 valence electrons. The van der Waals surface area contributed by atoms with Crippen molar-refractivity contribution in [2.24, 2.45) is 0 Å². The second kappa shape index (κ2) is 7.99. The lowest BCUT2D eigenvalue weighted by molar-refractivity contribution is -0.384. The highest BCUT2D eigenvalue weighted by atomic mass is 32.2. The maximum atomic E-state index is 13.1. The molecule has 0 aliphatic carbocycles. The molecule has 2 aromatic rings. The number of nitro benzene ring substituents is 1. The Labute approximate surface area is 153 Å². The lowest BCUT2D eigenvalue weighted by Crippen LogP contribution is -2.33. The van der Waals surface area contributed by atoms with E-state index >= 15 is 0 Å².